The average Bonchev–Trinajstić information content (AvgIpc) is 2.59. The Balaban J connectivity index is 1.57. The molecule has 0 fully saturated rings. The first kappa shape index (κ1) is 15.8. The minimum atomic E-state index is -0.0692. The van der Waals surface area contributed by atoms with Crippen LogP contribution in [0.3, 0.4) is 0 Å². The van der Waals surface area contributed by atoms with E-state index in [1.807, 2.05) is 48.5 Å². The molecular formula is C18H15ClN2OS. The lowest BCUT2D eigenvalue weighted by Crippen LogP contribution is -2.26. The maximum Gasteiger partial charge on any atom is 0.252 e. The Labute approximate surface area is 144 Å². The SMILES string of the molecule is O=C(NCCSc1ccc(Cl)cc1)c1ccnc2ccccc12. The molecule has 0 bridgehead atoms. The Bertz CT molecular complexity index is 815. The molecule has 3 nitrogen and oxygen atoms in total. The number of fused-ring (bicyclic) bond motifs is 1. The quantitative estimate of drug-likeness (QED) is 0.551. The maximum absolute atomic E-state index is 12.3. The number of thioether (sulfide) groups is 1. The zero-order valence-corrected chi connectivity index (χ0v) is 13.9. The Hall–Kier alpha value is -2.04. The smallest absolute Gasteiger partial charge is 0.252 e. The van der Waals surface area contributed by atoms with E-state index in [1.54, 1.807) is 24.0 Å². The van der Waals surface area contributed by atoms with Gasteiger partial charge in [0.2, 0.25) is 0 Å². The van der Waals surface area contributed by atoms with Crippen LogP contribution in [0.4, 0.5) is 0 Å². The van der Waals surface area contributed by atoms with E-state index in [-0.39, 0.29) is 5.91 Å². The fourth-order valence-corrected chi connectivity index (χ4v) is 3.15. The zero-order valence-electron chi connectivity index (χ0n) is 12.3. The molecular weight excluding hydrogens is 328 g/mol. The molecule has 1 heterocycles. The lowest BCUT2D eigenvalue weighted by molar-refractivity contribution is 0.0958. The molecule has 0 aliphatic carbocycles. The third-order valence-corrected chi connectivity index (χ3v) is 4.63. The fourth-order valence-electron chi connectivity index (χ4n) is 2.25. The number of hydrogen-bond acceptors (Lipinski definition) is 3. The summed E-state index contributed by atoms with van der Waals surface area (Å²) in [7, 11) is 0. The molecule has 116 valence electrons. The van der Waals surface area contributed by atoms with E-state index >= 15 is 0 Å². The number of pyridine rings is 1. The molecule has 0 radical (unpaired) electrons. The summed E-state index contributed by atoms with van der Waals surface area (Å²) in [5.74, 6) is 0.733. The van der Waals surface area contributed by atoms with Crippen molar-refractivity contribution in [1.82, 2.24) is 10.3 Å². The predicted octanol–water partition coefficient (Wildman–Crippen LogP) is 4.41. The Kier molecular flexibility index (Phi) is 5.16. The van der Waals surface area contributed by atoms with Crippen LogP contribution in [0.5, 0.6) is 0 Å². The van der Waals surface area contributed by atoms with E-state index in [4.69, 9.17) is 11.6 Å². The van der Waals surface area contributed by atoms with Gasteiger partial charge in [-0.05, 0) is 36.4 Å². The summed E-state index contributed by atoms with van der Waals surface area (Å²) in [6.07, 6.45) is 1.67. The molecule has 0 saturated heterocycles. The van der Waals surface area contributed by atoms with Gasteiger partial charge in [0, 0.05) is 33.8 Å². The first-order valence-electron chi connectivity index (χ1n) is 7.24. The molecule has 1 amide bonds. The van der Waals surface area contributed by atoms with Crippen LogP contribution >= 0.6 is 23.4 Å². The second-order valence-corrected chi connectivity index (χ2v) is 6.54. The molecule has 0 atom stereocenters. The van der Waals surface area contributed by atoms with Gasteiger partial charge in [0.1, 0.15) is 0 Å². The second-order valence-electron chi connectivity index (χ2n) is 4.93. The molecule has 0 aliphatic rings. The summed E-state index contributed by atoms with van der Waals surface area (Å²) in [5.41, 5.74) is 1.49. The molecule has 1 N–H and O–H groups in total. The summed E-state index contributed by atoms with van der Waals surface area (Å²) in [4.78, 5) is 17.8. The van der Waals surface area contributed by atoms with Crippen molar-refractivity contribution in [3.8, 4) is 0 Å². The molecule has 3 rings (SSSR count). The van der Waals surface area contributed by atoms with Crippen LogP contribution in [0.15, 0.2) is 65.7 Å². The summed E-state index contributed by atoms with van der Waals surface area (Å²) < 4.78 is 0. The number of carbonyl (C=O) groups excluding carboxylic acids is 1. The maximum atomic E-state index is 12.3. The van der Waals surface area contributed by atoms with Crippen molar-refractivity contribution < 1.29 is 4.79 Å². The predicted molar refractivity (Wildman–Crippen MR) is 96.3 cm³/mol. The number of benzene rings is 2. The van der Waals surface area contributed by atoms with Gasteiger partial charge in [-0.1, -0.05) is 29.8 Å². The van der Waals surface area contributed by atoms with Crippen molar-refractivity contribution >= 4 is 40.2 Å². The lowest BCUT2D eigenvalue weighted by Gasteiger charge is -2.07. The van der Waals surface area contributed by atoms with E-state index in [2.05, 4.69) is 10.3 Å². The minimum absolute atomic E-state index is 0.0692. The zero-order chi connectivity index (χ0) is 16.1. The third kappa shape index (κ3) is 4.03. The van der Waals surface area contributed by atoms with Gasteiger partial charge in [-0.3, -0.25) is 9.78 Å². The topological polar surface area (TPSA) is 42.0 Å². The summed E-state index contributed by atoms with van der Waals surface area (Å²) in [5, 5.41) is 4.56. The molecule has 2 aromatic carbocycles. The van der Waals surface area contributed by atoms with E-state index in [1.165, 1.54) is 0 Å². The van der Waals surface area contributed by atoms with Crippen molar-refractivity contribution in [3.63, 3.8) is 0 Å². The number of para-hydroxylation sites is 1. The van der Waals surface area contributed by atoms with Crippen molar-refractivity contribution in [2.24, 2.45) is 0 Å². The summed E-state index contributed by atoms with van der Waals surface area (Å²) >= 11 is 7.54. The van der Waals surface area contributed by atoms with Gasteiger partial charge in [-0.15, -0.1) is 11.8 Å². The van der Waals surface area contributed by atoms with Crippen molar-refractivity contribution in [2.75, 3.05) is 12.3 Å². The molecule has 23 heavy (non-hydrogen) atoms. The number of halogens is 1. The van der Waals surface area contributed by atoms with E-state index in [0.717, 1.165) is 26.6 Å². The average molecular weight is 343 g/mol. The van der Waals surface area contributed by atoms with Crippen molar-refractivity contribution in [1.29, 1.82) is 0 Å². The normalized spacial score (nSPS) is 10.7. The molecule has 3 aromatic rings. The number of nitrogens with one attached hydrogen (secondary N) is 1. The lowest BCUT2D eigenvalue weighted by atomic mass is 10.1. The highest BCUT2D eigenvalue weighted by Crippen LogP contribution is 2.20. The van der Waals surface area contributed by atoms with Gasteiger partial charge in [-0.2, -0.15) is 0 Å². The monoisotopic (exact) mass is 342 g/mol. The largest absolute Gasteiger partial charge is 0.351 e. The van der Waals surface area contributed by atoms with Gasteiger partial charge in [-0.25, -0.2) is 0 Å². The van der Waals surface area contributed by atoms with Crippen molar-refractivity contribution in [3.05, 3.63) is 71.4 Å². The summed E-state index contributed by atoms with van der Waals surface area (Å²) in [6, 6.07) is 17.1. The standard InChI is InChI=1S/C18H15ClN2OS/c19-13-5-7-14(8-6-13)23-12-11-21-18(22)16-9-10-20-17-4-2-1-3-15(16)17/h1-10H,11-12H2,(H,21,22). The molecule has 0 saturated carbocycles. The number of amides is 1. The molecule has 0 spiro atoms. The van der Waals surface area contributed by atoms with Crippen LogP contribution in [0.1, 0.15) is 10.4 Å². The van der Waals surface area contributed by atoms with Crippen LogP contribution in [0, 0.1) is 0 Å². The molecule has 1 aromatic heterocycles. The van der Waals surface area contributed by atoms with Crippen LogP contribution in [0.25, 0.3) is 10.9 Å². The van der Waals surface area contributed by atoms with E-state index < -0.39 is 0 Å². The third-order valence-electron chi connectivity index (χ3n) is 3.36. The van der Waals surface area contributed by atoms with Gasteiger partial charge in [0.25, 0.3) is 5.91 Å². The highest BCUT2D eigenvalue weighted by molar-refractivity contribution is 7.99. The van der Waals surface area contributed by atoms with Crippen LogP contribution in [-0.4, -0.2) is 23.2 Å². The number of nitrogens with zero attached hydrogens (tertiary/aromatic N) is 1. The van der Waals surface area contributed by atoms with Gasteiger partial charge >= 0.3 is 0 Å². The number of rotatable bonds is 5. The molecule has 5 heteroatoms. The first-order valence-corrected chi connectivity index (χ1v) is 8.61. The Morgan fingerprint density at radius 3 is 2.70 bits per heavy atom. The highest BCUT2D eigenvalue weighted by Gasteiger charge is 2.09. The number of carbonyl (C=O) groups is 1. The highest BCUT2D eigenvalue weighted by atomic mass is 35.5. The minimum Gasteiger partial charge on any atom is -0.351 e. The first-order chi connectivity index (χ1) is 11.2. The second kappa shape index (κ2) is 7.49. The molecule has 0 unspecified atom stereocenters. The van der Waals surface area contributed by atoms with Crippen LogP contribution in [0.2, 0.25) is 5.02 Å². The van der Waals surface area contributed by atoms with Gasteiger partial charge in [0.15, 0.2) is 0 Å². The van der Waals surface area contributed by atoms with Crippen LogP contribution in [-0.2, 0) is 0 Å². The molecule has 0 aliphatic heterocycles. The Morgan fingerprint density at radius 1 is 1.09 bits per heavy atom. The Morgan fingerprint density at radius 2 is 1.87 bits per heavy atom. The van der Waals surface area contributed by atoms with E-state index in [9.17, 15) is 4.79 Å². The van der Waals surface area contributed by atoms with Crippen molar-refractivity contribution in [2.45, 2.75) is 4.90 Å². The van der Waals surface area contributed by atoms with Gasteiger partial charge in [0.05, 0.1) is 11.1 Å². The number of aromatic nitrogens is 1. The number of hydrogen-bond donors (Lipinski definition) is 1. The van der Waals surface area contributed by atoms with E-state index in [0.29, 0.717) is 12.1 Å². The van der Waals surface area contributed by atoms with Crippen LogP contribution < -0.4 is 5.32 Å². The summed E-state index contributed by atoms with van der Waals surface area (Å²) in [6.45, 7) is 0.600. The fraction of sp³-hybridized carbons (Fsp3) is 0.111. The van der Waals surface area contributed by atoms with Gasteiger partial charge < -0.3 is 5.32 Å².